The first-order valence-corrected chi connectivity index (χ1v) is 12.8. The van der Waals surface area contributed by atoms with Crippen LogP contribution in [-0.4, -0.2) is 39.6 Å². The fraction of sp³-hybridized carbons (Fsp3) is 0.633. The van der Waals surface area contributed by atoms with Crippen molar-refractivity contribution in [1.29, 1.82) is 0 Å². The highest BCUT2D eigenvalue weighted by atomic mass is 16.5. The smallest absolute Gasteiger partial charge is 0.119 e. The summed E-state index contributed by atoms with van der Waals surface area (Å²) >= 11 is 0. The number of rotatable bonds is 10. The van der Waals surface area contributed by atoms with Crippen molar-refractivity contribution in [1.82, 2.24) is 0 Å². The van der Waals surface area contributed by atoms with Crippen LogP contribution in [0.5, 0.6) is 5.75 Å². The van der Waals surface area contributed by atoms with Gasteiger partial charge in [0, 0.05) is 24.9 Å². The number of nitrogens with zero attached hydrogens (tertiary/aromatic N) is 2. The first-order valence-electron chi connectivity index (χ1n) is 12.8. The summed E-state index contributed by atoms with van der Waals surface area (Å²) in [6, 6.07) is 4.38. The molecule has 0 spiro atoms. The average Bonchev–Trinajstić information content (AvgIpc) is 2.77. The molecule has 1 aromatic rings. The van der Waals surface area contributed by atoms with Crippen molar-refractivity contribution in [3.8, 4) is 5.75 Å². The summed E-state index contributed by atoms with van der Waals surface area (Å²) in [5.41, 5.74) is 4.98. The molecule has 0 saturated carbocycles. The predicted octanol–water partition coefficient (Wildman–Crippen LogP) is 7.61. The highest BCUT2D eigenvalue weighted by molar-refractivity contribution is 5.72. The van der Waals surface area contributed by atoms with Gasteiger partial charge in [0.2, 0.25) is 0 Å². The van der Waals surface area contributed by atoms with Gasteiger partial charge in [0.05, 0.1) is 26.3 Å². The molecule has 0 heterocycles. The maximum atomic E-state index is 5.65. The standard InChI is InChI=1S/C30H48N2O2/c1-19(2)25-15-23(33-11)16-26(20(3)4)29(25)32(10)14-13-31-30(9)27(21(5)6)17-24(34-12)18-28(30)22(7)8/h13,15-22,27H,14H2,1-12H3. The Morgan fingerprint density at radius 1 is 0.941 bits per heavy atom. The summed E-state index contributed by atoms with van der Waals surface area (Å²) < 4.78 is 11.3. The van der Waals surface area contributed by atoms with Gasteiger partial charge in [-0.3, -0.25) is 4.99 Å². The summed E-state index contributed by atoms with van der Waals surface area (Å²) in [7, 11) is 5.68. The number of hydrogen-bond donors (Lipinski definition) is 0. The van der Waals surface area contributed by atoms with Gasteiger partial charge in [-0.1, -0.05) is 55.4 Å². The van der Waals surface area contributed by atoms with Gasteiger partial charge in [-0.05, 0) is 71.6 Å². The normalized spacial score (nSPS) is 21.0. The molecule has 0 fully saturated rings. The van der Waals surface area contributed by atoms with Crippen LogP contribution in [0.15, 0.2) is 40.6 Å². The fourth-order valence-corrected chi connectivity index (χ4v) is 5.29. The molecular formula is C30H48N2O2. The molecule has 0 amide bonds. The Hall–Kier alpha value is -2.23. The molecule has 190 valence electrons. The largest absolute Gasteiger partial charge is 0.497 e. The molecule has 2 unspecified atom stereocenters. The lowest BCUT2D eigenvalue weighted by Crippen LogP contribution is -2.41. The van der Waals surface area contributed by atoms with Crippen LogP contribution in [0.2, 0.25) is 0 Å². The van der Waals surface area contributed by atoms with Crippen molar-refractivity contribution in [2.45, 2.75) is 79.7 Å². The Morgan fingerprint density at radius 2 is 1.50 bits per heavy atom. The maximum Gasteiger partial charge on any atom is 0.119 e. The predicted molar refractivity (Wildman–Crippen MR) is 148 cm³/mol. The van der Waals surface area contributed by atoms with E-state index in [4.69, 9.17) is 14.5 Å². The van der Waals surface area contributed by atoms with Crippen LogP contribution < -0.4 is 9.64 Å². The molecule has 34 heavy (non-hydrogen) atoms. The third-order valence-corrected chi connectivity index (χ3v) is 7.17. The maximum absolute atomic E-state index is 5.65. The third kappa shape index (κ3) is 5.87. The van der Waals surface area contributed by atoms with E-state index in [-0.39, 0.29) is 11.5 Å². The minimum absolute atomic E-state index is 0.282. The Balaban J connectivity index is 2.46. The van der Waals surface area contributed by atoms with E-state index in [1.54, 1.807) is 14.2 Å². The van der Waals surface area contributed by atoms with Crippen molar-refractivity contribution in [3.63, 3.8) is 0 Å². The highest BCUT2D eigenvalue weighted by Crippen LogP contribution is 2.43. The number of anilines is 1. The second-order valence-electron chi connectivity index (χ2n) is 11.1. The molecule has 0 radical (unpaired) electrons. The lowest BCUT2D eigenvalue weighted by atomic mass is 9.68. The summed E-state index contributed by atoms with van der Waals surface area (Å²) in [6.45, 7) is 21.1. The molecule has 2 rings (SSSR count). The van der Waals surface area contributed by atoms with Gasteiger partial charge in [0.15, 0.2) is 0 Å². The monoisotopic (exact) mass is 468 g/mol. The van der Waals surface area contributed by atoms with E-state index in [0.29, 0.717) is 23.7 Å². The van der Waals surface area contributed by atoms with Crippen LogP contribution in [0, 0.1) is 17.8 Å². The molecule has 2 atom stereocenters. The zero-order valence-electron chi connectivity index (χ0n) is 23.7. The molecule has 1 aliphatic carbocycles. The van der Waals surface area contributed by atoms with Gasteiger partial charge >= 0.3 is 0 Å². The topological polar surface area (TPSA) is 34.1 Å². The van der Waals surface area contributed by atoms with E-state index in [0.717, 1.165) is 18.1 Å². The van der Waals surface area contributed by atoms with Gasteiger partial charge in [0.1, 0.15) is 11.5 Å². The first kappa shape index (κ1) is 28.0. The minimum Gasteiger partial charge on any atom is -0.497 e. The third-order valence-electron chi connectivity index (χ3n) is 7.17. The van der Waals surface area contributed by atoms with Gasteiger partial charge in [-0.15, -0.1) is 0 Å². The van der Waals surface area contributed by atoms with Gasteiger partial charge in [-0.2, -0.15) is 0 Å². The molecule has 0 aromatic heterocycles. The minimum atomic E-state index is -0.285. The summed E-state index contributed by atoms with van der Waals surface area (Å²) in [4.78, 5) is 7.62. The Morgan fingerprint density at radius 3 is 1.91 bits per heavy atom. The molecule has 0 saturated heterocycles. The summed E-state index contributed by atoms with van der Waals surface area (Å²) in [6.07, 6.45) is 6.58. The quantitative estimate of drug-likeness (QED) is 0.331. The number of ether oxygens (including phenoxy) is 2. The Labute approximate surface area is 209 Å². The van der Waals surface area contributed by atoms with Crippen LogP contribution in [0.4, 0.5) is 5.69 Å². The lowest BCUT2D eigenvalue weighted by molar-refractivity contribution is 0.255. The number of hydrogen-bond acceptors (Lipinski definition) is 4. The van der Waals surface area contributed by atoms with E-state index >= 15 is 0 Å². The van der Waals surface area contributed by atoms with Gasteiger partial charge in [-0.25, -0.2) is 0 Å². The van der Waals surface area contributed by atoms with E-state index in [9.17, 15) is 0 Å². The zero-order valence-corrected chi connectivity index (χ0v) is 23.7. The van der Waals surface area contributed by atoms with E-state index in [2.05, 4.69) is 105 Å². The van der Waals surface area contributed by atoms with Crippen molar-refractivity contribution in [2.75, 3.05) is 32.7 Å². The molecular weight excluding hydrogens is 420 g/mol. The lowest BCUT2D eigenvalue weighted by Gasteiger charge is -2.42. The Kier molecular flexibility index (Phi) is 9.45. The molecule has 1 aromatic carbocycles. The fourth-order valence-electron chi connectivity index (χ4n) is 5.29. The van der Waals surface area contributed by atoms with Crippen molar-refractivity contribution in [3.05, 3.63) is 46.7 Å². The second kappa shape index (κ2) is 11.5. The van der Waals surface area contributed by atoms with Gasteiger partial charge in [0.25, 0.3) is 0 Å². The van der Waals surface area contributed by atoms with Crippen LogP contribution in [0.3, 0.4) is 0 Å². The van der Waals surface area contributed by atoms with Gasteiger partial charge < -0.3 is 14.4 Å². The molecule has 4 heteroatoms. The first-order chi connectivity index (χ1) is 15.9. The SMILES string of the molecule is COC1=CC(C(C)C)C(C)(N=CCN(C)c2c(C(C)C)cc(OC)cc2C(C)C)C(C(C)C)=C1. The van der Waals surface area contributed by atoms with Crippen LogP contribution in [0.25, 0.3) is 0 Å². The second-order valence-corrected chi connectivity index (χ2v) is 11.1. The Bertz CT molecular complexity index is 895. The number of allylic oxidation sites excluding steroid dienone is 1. The number of methoxy groups -OCH3 is 2. The number of benzene rings is 1. The number of aliphatic imine (C=N–C) groups is 1. The van der Waals surface area contributed by atoms with Crippen LogP contribution in [0.1, 0.15) is 85.3 Å². The van der Waals surface area contributed by atoms with E-state index < -0.39 is 0 Å². The molecule has 4 nitrogen and oxygen atoms in total. The van der Waals surface area contributed by atoms with Crippen molar-refractivity contribution < 1.29 is 9.47 Å². The summed E-state index contributed by atoms with van der Waals surface area (Å²) in [5, 5.41) is 0. The van der Waals surface area contributed by atoms with Crippen LogP contribution >= 0.6 is 0 Å². The van der Waals surface area contributed by atoms with E-state index in [1.807, 2.05) is 0 Å². The molecule has 0 aliphatic heterocycles. The zero-order chi connectivity index (χ0) is 25.8. The molecule has 1 aliphatic rings. The van der Waals surface area contributed by atoms with Crippen molar-refractivity contribution in [2.24, 2.45) is 22.7 Å². The molecule has 0 N–H and O–H groups in total. The van der Waals surface area contributed by atoms with E-state index in [1.165, 1.54) is 22.4 Å². The highest BCUT2D eigenvalue weighted by Gasteiger charge is 2.41. The average molecular weight is 469 g/mol. The summed E-state index contributed by atoms with van der Waals surface area (Å²) in [5.74, 6) is 3.81. The van der Waals surface area contributed by atoms with Crippen LogP contribution in [-0.2, 0) is 4.74 Å². The molecule has 0 bridgehead atoms. The van der Waals surface area contributed by atoms with Crippen molar-refractivity contribution >= 4 is 11.9 Å².